The number of ketones is 1. The Labute approximate surface area is 217 Å². The first-order valence-corrected chi connectivity index (χ1v) is 12.3. The van der Waals surface area contributed by atoms with Gasteiger partial charge in [0.1, 0.15) is 10.6 Å². The van der Waals surface area contributed by atoms with Crippen molar-refractivity contribution in [1.82, 2.24) is 9.97 Å². The van der Waals surface area contributed by atoms with Crippen LogP contribution in [0.3, 0.4) is 0 Å². The second-order valence-electron chi connectivity index (χ2n) is 7.88. The van der Waals surface area contributed by atoms with Crippen LogP contribution in [0.2, 0.25) is 0 Å². The van der Waals surface area contributed by atoms with Crippen LogP contribution in [0.5, 0.6) is 11.5 Å². The second-order valence-corrected chi connectivity index (χ2v) is 8.86. The van der Waals surface area contributed by atoms with Crippen LogP contribution in [0.4, 0.5) is 5.13 Å². The summed E-state index contributed by atoms with van der Waals surface area (Å²) in [6, 6.07) is 7.06. The predicted molar refractivity (Wildman–Crippen MR) is 136 cm³/mol. The number of carbonyl (C=O) groups is 3. The van der Waals surface area contributed by atoms with E-state index in [1.807, 2.05) is 13.8 Å². The van der Waals surface area contributed by atoms with E-state index in [0.29, 0.717) is 41.5 Å². The number of amides is 1. The van der Waals surface area contributed by atoms with Crippen LogP contribution in [-0.4, -0.2) is 53.1 Å². The standard InChI is InChI=1S/C26H25N3O7S/c1-5-35-17-8-7-16(13-18(17)36-6-2)20-19(21(30)15-9-11-27-12-10-15)22(31)24(32)29(20)26-28-14(3)23(37-26)25(33)34-4/h7-13,20,30H,5-6H2,1-4H3. The van der Waals surface area contributed by atoms with Crippen molar-refractivity contribution < 1.29 is 33.7 Å². The minimum atomic E-state index is -1.06. The van der Waals surface area contributed by atoms with Crippen LogP contribution >= 0.6 is 11.3 Å². The number of aliphatic hydroxyl groups excluding tert-OH is 1. The van der Waals surface area contributed by atoms with Crippen molar-refractivity contribution >= 4 is 39.9 Å². The number of aliphatic hydroxyl groups is 1. The van der Waals surface area contributed by atoms with Gasteiger partial charge in [-0.25, -0.2) is 9.78 Å². The lowest BCUT2D eigenvalue weighted by Crippen LogP contribution is -2.29. The monoisotopic (exact) mass is 523 g/mol. The Bertz CT molecular complexity index is 1380. The minimum absolute atomic E-state index is 0.116. The molecule has 1 aliphatic heterocycles. The Kier molecular flexibility index (Phi) is 7.53. The number of pyridine rings is 1. The molecule has 1 unspecified atom stereocenters. The number of methoxy groups -OCH3 is 1. The molecule has 1 aromatic carbocycles. The Morgan fingerprint density at radius 2 is 1.76 bits per heavy atom. The average molecular weight is 524 g/mol. The van der Waals surface area contributed by atoms with Crippen molar-refractivity contribution in [3.05, 3.63) is 70.0 Å². The first-order valence-electron chi connectivity index (χ1n) is 11.5. The molecule has 192 valence electrons. The van der Waals surface area contributed by atoms with Gasteiger partial charge in [-0.2, -0.15) is 0 Å². The Hall–Kier alpha value is -4.25. The zero-order valence-electron chi connectivity index (χ0n) is 20.7. The average Bonchev–Trinajstić information content (AvgIpc) is 3.41. The maximum Gasteiger partial charge on any atom is 0.350 e. The molecule has 1 amide bonds. The van der Waals surface area contributed by atoms with Crippen molar-refractivity contribution in [2.24, 2.45) is 0 Å². The number of aryl methyl sites for hydroxylation is 1. The fraction of sp³-hybridized carbons (Fsp3) is 0.269. The Morgan fingerprint density at radius 1 is 1.08 bits per heavy atom. The van der Waals surface area contributed by atoms with E-state index in [0.717, 1.165) is 11.3 Å². The van der Waals surface area contributed by atoms with Gasteiger partial charge in [0.15, 0.2) is 16.6 Å². The van der Waals surface area contributed by atoms with Gasteiger partial charge in [0, 0.05) is 18.0 Å². The molecule has 4 rings (SSSR count). The van der Waals surface area contributed by atoms with Crippen LogP contribution in [0.25, 0.3) is 5.76 Å². The minimum Gasteiger partial charge on any atom is -0.507 e. The Balaban J connectivity index is 1.95. The van der Waals surface area contributed by atoms with Crippen LogP contribution in [0.15, 0.2) is 48.3 Å². The molecule has 1 atom stereocenters. The lowest BCUT2D eigenvalue weighted by atomic mass is 9.95. The number of benzene rings is 1. The lowest BCUT2D eigenvalue weighted by molar-refractivity contribution is -0.132. The Morgan fingerprint density at radius 3 is 2.41 bits per heavy atom. The van der Waals surface area contributed by atoms with Crippen molar-refractivity contribution in [2.75, 3.05) is 25.2 Å². The highest BCUT2D eigenvalue weighted by Crippen LogP contribution is 2.45. The first kappa shape index (κ1) is 25.8. The number of carbonyl (C=O) groups excluding carboxylic acids is 3. The largest absolute Gasteiger partial charge is 0.507 e. The molecule has 37 heavy (non-hydrogen) atoms. The summed E-state index contributed by atoms with van der Waals surface area (Å²) in [4.78, 5) is 48.7. The van der Waals surface area contributed by atoms with Crippen LogP contribution in [0.1, 0.15) is 46.4 Å². The number of rotatable bonds is 8. The van der Waals surface area contributed by atoms with Gasteiger partial charge in [-0.1, -0.05) is 17.4 Å². The van der Waals surface area contributed by atoms with Gasteiger partial charge in [-0.3, -0.25) is 19.5 Å². The number of nitrogens with zero attached hydrogens (tertiary/aromatic N) is 3. The van der Waals surface area contributed by atoms with E-state index in [2.05, 4.69) is 9.97 Å². The summed E-state index contributed by atoms with van der Waals surface area (Å²) in [7, 11) is 1.25. The zero-order valence-corrected chi connectivity index (χ0v) is 21.5. The highest BCUT2D eigenvalue weighted by molar-refractivity contribution is 7.17. The van der Waals surface area contributed by atoms with E-state index in [4.69, 9.17) is 14.2 Å². The van der Waals surface area contributed by atoms with E-state index in [1.54, 1.807) is 25.1 Å². The quantitative estimate of drug-likeness (QED) is 0.201. The van der Waals surface area contributed by atoms with E-state index < -0.39 is 23.7 Å². The highest BCUT2D eigenvalue weighted by Gasteiger charge is 2.48. The predicted octanol–water partition coefficient (Wildman–Crippen LogP) is 4.06. The van der Waals surface area contributed by atoms with Gasteiger partial charge in [0.25, 0.3) is 5.78 Å². The molecule has 2 aromatic heterocycles. The summed E-state index contributed by atoms with van der Waals surface area (Å²) >= 11 is 0.926. The molecule has 3 heterocycles. The van der Waals surface area contributed by atoms with Crippen molar-refractivity contribution in [2.45, 2.75) is 26.8 Å². The van der Waals surface area contributed by atoms with E-state index in [-0.39, 0.29) is 21.3 Å². The molecule has 1 saturated heterocycles. The van der Waals surface area contributed by atoms with E-state index >= 15 is 0 Å². The van der Waals surface area contributed by atoms with Crippen LogP contribution in [-0.2, 0) is 14.3 Å². The number of ether oxygens (including phenoxy) is 3. The summed E-state index contributed by atoms with van der Waals surface area (Å²) in [6.07, 6.45) is 2.94. The van der Waals surface area contributed by atoms with Crippen LogP contribution < -0.4 is 14.4 Å². The van der Waals surface area contributed by atoms with Gasteiger partial charge >= 0.3 is 11.9 Å². The SMILES string of the molecule is CCOc1ccc(C2C(=C(O)c3ccncc3)C(=O)C(=O)N2c2nc(C)c(C(=O)OC)s2)cc1OCC. The van der Waals surface area contributed by atoms with Crippen molar-refractivity contribution in [3.63, 3.8) is 0 Å². The molecular weight excluding hydrogens is 498 g/mol. The van der Waals surface area contributed by atoms with Gasteiger partial charge in [0.2, 0.25) is 0 Å². The highest BCUT2D eigenvalue weighted by atomic mass is 32.1. The molecule has 0 saturated carbocycles. The fourth-order valence-corrected chi connectivity index (χ4v) is 5.03. The molecule has 3 aromatic rings. The molecule has 0 bridgehead atoms. The molecule has 1 aliphatic rings. The molecule has 1 fully saturated rings. The number of Topliss-reactive ketones (excluding diaryl/α,β-unsaturated/α-hetero) is 1. The number of aromatic nitrogens is 2. The second kappa shape index (κ2) is 10.8. The van der Waals surface area contributed by atoms with E-state index in [9.17, 15) is 19.5 Å². The third kappa shape index (κ3) is 4.77. The number of esters is 1. The topological polar surface area (TPSA) is 128 Å². The van der Waals surface area contributed by atoms with Crippen molar-refractivity contribution in [1.29, 1.82) is 0 Å². The fourth-order valence-electron chi connectivity index (χ4n) is 4.02. The number of hydrogen-bond acceptors (Lipinski definition) is 10. The molecular formula is C26H25N3O7S. The lowest BCUT2D eigenvalue weighted by Gasteiger charge is -2.24. The molecule has 0 spiro atoms. The first-order chi connectivity index (χ1) is 17.8. The van der Waals surface area contributed by atoms with Gasteiger partial charge < -0.3 is 19.3 Å². The van der Waals surface area contributed by atoms with Gasteiger partial charge in [-0.15, -0.1) is 0 Å². The summed E-state index contributed by atoms with van der Waals surface area (Å²) in [5.74, 6) is -1.83. The summed E-state index contributed by atoms with van der Waals surface area (Å²) in [5, 5.41) is 11.3. The summed E-state index contributed by atoms with van der Waals surface area (Å²) in [5.41, 5.74) is 1.02. The number of thiazole rings is 1. The summed E-state index contributed by atoms with van der Waals surface area (Å²) in [6.45, 7) is 6.05. The van der Waals surface area contributed by atoms with Crippen LogP contribution in [0, 0.1) is 6.92 Å². The van der Waals surface area contributed by atoms with Gasteiger partial charge in [0.05, 0.1) is 37.6 Å². The zero-order chi connectivity index (χ0) is 26.7. The smallest absolute Gasteiger partial charge is 0.350 e. The maximum atomic E-state index is 13.4. The van der Waals surface area contributed by atoms with E-state index in [1.165, 1.54) is 36.5 Å². The van der Waals surface area contributed by atoms with Crippen molar-refractivity contribution in [3.8, 4) is 11.5 Å². The normalized spacial score (nSPS) is 16.6. The molecule has 1 N–H and O–H groups in total. The third-order valence-electron chi connectivity index (χ3n) is 5.64. The summed E-state index contributed by atoms with van der Waals surface area (Å²) < 4.78 is 16.2. The molecule has 10 nitrogen and oxygen atoms in total. The number of anilines is 1. The molecule has 11 heteroatoms. The molecule has 0 aliphatic carbocycles. The third-order valence-corrected chi connectivity index (χ3v) is 6.78. The maximum absolute atomic E-state index is 13.4. The number of hydrogen-bond donors (Lipinski definition) is 1. The molecule has 0 radical (unpaired) electrons. The van der Waals surface area contributed by atoms with Gasteiger partial charge in [-0.05, 0) is 50.6 Å².